The first-order valence-electron chi connectivity index (χ1n) is 5.22. The second-order valence-corrected chi connectivity index (χ2v) is 5.15. The molecule has 1 atom stereocenters. The molecule has 1 N–H and O–H groups in total. The molecule has 1 aliphatic heterocycles. The number of imide groups is 1. The first-order chi connectivity index (χ1) is 7.65. The molecule has 84 valence electrons. The Kier molecular flexibility index (Phi) is 3.29. The Morgan fingerprint density at radius 2 is 1.94 bits per heavy atom. The van der Waals surface area contributed by atoms with E-state index in [0.29, 0.717) is 12.8 Å². The standard InChI is InChI=1S/C12H13NO2S/c1-8-2-4-9(5-3-8)16-10-6-7-11(14)13-12(10)15/h2-5,10H,6-7H2,1H3,(H,13,14,15). The lowest BCUT2D eigenvalue weighted by Gasteiger charge is -2.20. The molecule has 1 aromatic rings. The van der Waals surface area contributed by atoms with Gasteiger partial charge in [0.15, 0.2) is 0 Å². The van der Waals surface area contributed by atoms with E-state index in [4.69, 9.17) is 0 Å². The number of hydrogen-bond donors (Lipinski definition) is 1. The summed E-state index contributed by atoms with van der Waals surface area (Å²) < 4.78 is 0. The maximum atomic E-state index is 11.5. The lowest BCUT2D eigenvalue weighted by molar-refractivity contribution is -0.132. The normalized spacial score (nSPS) is 20.7. The molecule has 0 aromatic heterocycles. The van der Waals surface area contributed by atoms with Gasteiger partial charge < -0.3 is 0 Å². The quantitative estimate of drug-likeness (QED) is 0.796. The summed E-state index contributed by atoms with van der Waals surface area (Å²) in [5, 5.41) is 2.22. The molecule has 4 heteroatoms. The van der Waals surface area contributed by atoms with Crippen molar-refractivity contribution < 1.29 is 9.59 Å². The molecule has 0 spiro atoms. The van der Waals surface area contributed by atoms with E-state index in [9.17, 15) is 9.59 Å². The fourth-order valence-corrected chi connectivity index (χ4v) is 2.59. The third-order valence-electron chi connectivity index (χ3n) is 2.49. The molecular formula is C12H13NO2S. The molecule has 2 amide bonds. The molecule has 1 heterocycles. The summed E-state index contributed by atoms with van der Waals surface area (Å²) in [7, 11) is 0. The number of thioether (sulfide) groups is 1. The van der Waals surface area contributed by atoms with Gasteiger partial charge in [-0.1, -0.05) is 17.7 Å². The molecule has 1 unspecified atom stereocenters. The highest BCUT2D eigenvalue weighted by Gasteiger charge is 2.27. The monoisotopic (exact) mass is 235 g/mol. The molecule has 0 saturated carbocycles. The first-order valence-corrected chi connectivity index (χ1v) is 6.10. The molecule has 1 aromatic carbocycles. The number of nitrogens with one attached hydrogen (secondary N) is 1. The minimum absolute atomic E-state index is 0.139. The average molecular weight is 235 g/mol. The summed E-state index contributed by atoms with van der Waals surface area (Å²) in [6.45, 7) is 2.03. The van der Waals surface area contributed by atoms with E-state index in [1.807, 2.05) is 31.2 Å². The van der Waals surface area contributed by atoms with Crippen molar-refractivity contribution in [1.82, 2.24) is 5.32 Å². The number of carbonyl (C=O) groups is 2. The maximum Gasteiger partial charge on any atom is 0.240 e. The number of hydrogen-bond acceptors (Lipinski definition) is 3. The van der Waals surface area contributed by atoms with Gasteiger partial charge in [0.2, 0.25) is 11.8 Å². The van der Waals surface area contributed by atoms with Crippen LogP contribution in [0.1, 0.15) is 18.4 Å². The zero-order chi connectivity index (χ0) is 11.5. The summed E-state index contributed by atoms with van der Waals surface area (Å²) in [5.41, 5.74) is 1.20. The first kappa shape index (κ1) is 11.2. The van der Waals surface area contributed by atoms with Gasteiger partial charge in [0.05, 0.1) is 5.25 Å². The number of aryl methyl sites for hydroxylation is 1. The van der Waals surface area contributed by atoms with Crippen LogP contribution in [0.3, 0.4) is 0 Å². The Hall–Kier alpha value is -1.29. The summed E-state index contributed by atoms with van der Waals surface area (Å²) >= 11 is 1.52. The summed E-state index contributed by atoms with van der Waals surface area (Å²) in [6, 6.07) is 8.05. The lowest BCUT2D eigenvalue weighted by Crippen LogP contribution is -2.42. The smallest absolute Gasteiger partial charge is 0.240 e. The highest BCUT2D eigenvalue weighted by molar-refractivity contribution is 8.00. The SMILES string of the molecule is Cc1ccc(SC2CCC(=O)NC2=O)cc1. The molecule has 3 nitrogen and oxygen atoms in total. The maximum absolute atomic E-state index is 11.5. The summed E-state index contributed by atoms with van der Waals surface area (Å²) in [4.78, 5) is 23.6. The molecular weight excluding hydrogens is 222 g/mol. The fraction of sp³-hybridized carbons (Fsp3) is 0.333. The molecule has 0 radical (unpaired) electrons. The van der Waals surface area contributed by atoms with E-state index in [-0.39, 0.29) is 17.1 Å². The topological polar surface area (TPSA) is 46.2 Å². The Balaban J connectivity index is 2.02. The zero-order valence-corrected chi connectivity index (χ0v) is 9.84. The van der Waals surface area contributed by atoms with Crippen LogP contribution < -0.4 is 5.32 Å². The van der Waals surface area contributed by atoms with Crippen molar-refractivity contribution in [3.8, 4) is 0 Å². The van der Waals surface area contributed by atoms with E-state index >= 15 is 0 Å². The summed E-state index contributed by atoms with van der Waals surface area (Å²) in [6.07, 6.45) is 1.07. The molecule has 2 rings (SSSR count). The van der Waals surface area contributed by atoms with Crippen molar-refractivity contribution in [3.05, 3.63) is 29.8 Å². The largest absolute Gasteiger partial charge is 0.295 e. The lowest BCUT2D eigenvalue weighted by atomic mass is 10.1. The van der Waals surface area contributed by atoms with Crippen LogP contribution in [0.4, 0.5) is 0 Å². The second-order valence-electron chi connectivity index (χ2n) is 3.87. The Morgan fingerprint density at radius 3 is 2.56 bits per heavy atom. The highest BCUT2D eigenvalue weighted by Crippen LogP contribution is 2.28. The fourth-order valence-electron chi connectivity index (χ4n) is 1.57. The molecule has 16 heavy (non-hydrogen) atoms. The van der Waals surface area contributed by atoms with Crippen LogP contribution in [-0.4, -0.2) is 17.1 Å². The third-order valence-corrected chi connectivity index (χ3v) is 3.77. The van der Waals surface area contributed by atoms with E-state index in [1.54, 1.807) is 0 Å². The Morgan fingerprint density at radius 1 is 1.25 bits per heavy atom. The van der Waals surface area contributed by atoms with Gasteiger partial charge in [0, 0.05) is 11.3 Å². The van der Waals surface area contributed by atoms with Gasteiger partial charge >= 0.3 is 0 Å². The van der Waals surface area contributed by atoms with Gasteiger partial charge in [-0.2, -0.15) is 0 Å². The van der Waals surface area contributed by atoms with E-state index in [0.717, 1.165) is 4.90 Å². The minimum Gasteiger partial charge on any atom is -0.295 e. The van der Waals surface area contributed by atoms with Crippen LogP contribution in [0.25, 0.3) is 0 Å². The van der Waals surface area contributed by atoms with Gasteiger partial charge in [-0.3, -0.25) is 14.9 Å². The van der Waals surface area contributed by atoms with Crippen LogP contribution in [0, 0.1) is 6.92 Å². The van der Waals surface area contributed by atoms with Crippen LogP contribution in [0.15, 0.2) is 29.2 Å². The molecule has 1 fully saturated rings. The molecule has 0 aliphatic carbocycles. The Labute approximate surface area is 98.6 Å². The van der Waals surface area contributed by atoms with Crippen molar-refractivity contribution in [1.29, 1.82) is 0 Å². The van der Waals surface area contributed by atoms with Crippen molar-refractivity contribution in [2.75, 3.05) is 0 Å². The van der Waals surface area contributed by atoms with Crippen molar-refractivity contribution >= 4 is 23.6 Å². The number of carbonyl (C=O) groups excluding carboxylic acids is 2. The van der Waals surface area contributed by atoms with E-state index in [1.165, 1.54) is 17.3 Å². The zero-order valence-electron chi connectivity index (χ0n) is 9.03. The predicted molar refractivity (Wildman–Crippen MR) is 63.2 cm³/mol. The van der Waals surface area contributed by atoms with Crippen LogP contribution in [-0.2, 0) is 9.59 Å². The number of rotatable bonds is 2. The van der Waals surface area contributed by atoms with Gasteiger partial charge in [-0.15, -0.1) is 11.8 Å². The number of benzene rings is 1. The molecule has 1 saturated heterocycles. The predicted octanol–water partition coefficient (Wildman–Crippen LogP) is 1.89. The number of piperidine rings is 1. The van der Waals surface area contributed by atoms with Crippen molar-refractivity contribution in [3.63, 3.8) is 0 Å². The average Bonchev–Trinajstić information content (AvgIpc) is 2.25. The van der Waals surface area contributed by atoms with Crippen LogP contribution in [0.2, 0.25) is 0 Å². The molecule has 0 bridgehead atoms. The van der Waals surface area contributed by atoms with Crippen molar-refractivity contribution in [2.24, 2.45) is 0 Å². The van der Waals surface area contributed by atoms with E-state index < -0.39 is 0 Å². The third kappa shape index (κ3) is 2.64. The molecule has 1 aliphatic rings. The number of amides is 2. The van der Waals surface area contributed by atoms with E-state index in [2.05, 4.69) is 5.32 Å². The Bertz CT molecular complexity index is 414. The van der Waals surface area contributed by atoms with Crippen molar-refractivity contribution in [2.45, 2.75) is 29.9 Å². The van der Waals surface area contributed by atoms with Gasteiger partial charge in [0.1, 0.15) is 0 Å². The minimum atomic E-state index is -0.165. The van der Waals surface area contributed by atoms with Crippen LogP contribution >= 0.6 is 11.8 Å². The highest BCUT2D eigenvalue weighted by atomic mass is 32.2. The second kappa shape index (κ2) is 4.70. The van der Waals surface area contributed by atoms with Gasteiger partial charge in [-0.25, -0.2) is 0 Å². The van der Waals surface area contributed by atoms with Crippen LogP contribution in [0.5, 0.6) is 0 Å². The summed E-state index contributed by atoms with van der Waals surface area (Å²) in [5.74, 6) is -0.326. The van der Waals surface area contributed by atoms with Gasteiger partial charge in [0.25, 0.3) is 0 Å². The van der Waals surface area contributed by atoms with Gasteiger partial charge in [-0.05, 0) is 25.5 Å².